The maximum absolute atomic E-state index is 5.72. The molecule has 7 heteroatoms. The number of nitrogen functional groups attached to an aromatic ring is 1. The fourth-order valence-corrected chi connectivity index (χ4v) is 1.91. The van der Waals surface area contributed by atoms with Crippen LogP contribution < -0.4 is 11.1 Å². The Morgan fingerprint density at radius 2 is 2.33 bits per heavy atom. The van der Waals surface area contributed by atoms with Gasteiger partial charge in [0.2, 0.25) is 0 Å². The van der Waals surface area contributed by atoms with Crippen LogP contribution in [-0.2, 0) is 17.9 Å². The molecule has 0 saturated carbocycles. The van der Waals surface area contributed by atoms with E-state index in [9.17, 15) is 0 Å². The SMILES string of the molecule is CCOCc1nc(N)cc(NCc2cncs2)n1. The normalized spacial score (nSPS) is 10.5. The molecule has 0 fully saturated rings. The second-order valence-corrected chi connectivity index (χ2v) is 4.52. The average molecular weight is 265 g/mol. The van der Waals surface area contributed by atoms with Crippen LogP contribution in [0, 0.1) is 0 Å². The number of nitrogens with one attached hydrogen (secondary N) is 1. The maximum Gasteiger partial charge on any atom is 0.158 e. The summed E-state index contributed by atoms with van der Waals surface area (Å²) in [4.78, 5) is 13.6. The van der Waals surface area contributed by atoms with Crippen molar-refractivity contribution in [2.75, 3.05) is 17.7 Å². The molecule has 0 atom stereocenters. The molecule has 0 amide bonds. The highest BCUT2D eigenvalue weighted by atomic mass is 32.1. The molecule has 96 valence electrons. The molecule has 2 heterocycles. The third-order valence-corrected chi connectivity index (χ3v) is 2.93. The van der Waals surface area contributed by atoms with Gasteiger partial charge in [-0.3, -0.25) is 4.98 Å². The van der Waals surface area contributed by atoms with Crippen molar-refractivity contribution in [3.8, 4) is 0 Å². The lowest BCUT2D eigenvalue weighted by Crippen LogP contribution is -2.07. The lowest BCUT2D eigenvalue weighted by atomic mass is 10.4. The van der Waals surface area contributed by atoms with E-state index in [2.05, 4.69) is 20.3 Å². The highest BCUT2D eigenvalue weighted by molar-refractivity contribution is 7.09. The summed E-state index contributed by atoms with van der Waals surface area (Å²) in [6.07, 6.45) is 1.82. The van der Waals surface area contributed by atoms with E-state index in [1.807, 2.05) is 13.1 Å². The molecule has 0 saturated heterocycles. The minimum Gasteiger partial charge on any atom is -0.384 e. The Balaban J connectivity index is 2.00. The highest BCUT2D eigenvalue weighted by Crippen LogP contribution is 2.12. The smallest absolute Gasteiger partial charge is 0.158 e. The van der Waals surface area contributed by atoms with Crippen LogP contribution in [0.4, 0.5) is 11.6 Å². The molecule has 0 aromatic carbocycles. The number of hydrogen-bond donors (Lipinski definition) is 2. The summed E-state index contributed by atoms with van der Waals surface area (Å²) in [6, 6.07) is 1.70. The highest BCUT2D eigenvalue weighted by Gasteiger charge is 2.03. The number of hydrogen-bond acceptors (Lipinski definition) is 7. The molecule has 0 radical (unpaired) electrons. The molecular formula is C11H15N5OS. The first kappa shape index (κ1) is 12.7. The van der Waals surface area contributed by atoms with E-state index >= 15 is 0 Å². The van der Waals surface area contributed by atoms with Gasteiger partial charge in [0.25, 0.3) is 0 Å². The second-order valence-electron chi connectivity index (χ2n) is 3.55. The van der Waals surface area contributed by atoms with Gasteiger partial charge in [0.05, 0.1) is 12.1 Å². The van der Waals surface area contributed by atoms with E-state index in [0.29, 0.717) is 37.2 Å². The van der Waals surface area contributed by atoms with Gasteiger partial charge >= 0.3 is 0 Å². The van der Waals surface area contributed by atoms with Crippen LogP contribution >= 0.6 is 11.3 Å². The van der Waals surface area contributed by atoms with E-state index in [4.69, 9.17) is 10.5 Å². The van der Waals surface area contributed by atoms with Crippen molar-refractivity contribution in [1.82, 2.24) is 15.0 Å². The molecule has 6 nitrogen and oxygen atoms in total. The van der Waals surface area contributed by atoms with Gasteiger partial charge in [-0.2, -0.15) is 0 Å². The standard InChI is InChI=1S/C11H15N5OS/c1-2-17-6-11-15-9(12)3-10(16-11)14-5-8-4-13-7-18-8/h3-4,7H,2,5-6H2,1H3,(H3,12,14,15,16). The minimum absolute atomic E-state index is 0.372. The third kappa shape index (κ3) is 3.64. The third-order valence-electron chi connectivity index (χ3n) is 2.15. The van der Waals surface area contributed by atoms with E-state index in [-0.39, 0.29) is 0 Å². The molecule has 3 N–H and O–H groups in total. The Kier molecular flexibility index (Phi) is 4.43. The monoisotopic (exact) mass is 265 g/mol. The molecule has 0 aliphatic rings. The van der Waals surface area contributed by atoms with E-state index in [1.54, 1.807) is 22.9 Å². The summed E-state index contributed by atoms with van der Waals surface area (Å²) in [6.45, 7) is 3.60. The molecule has 0 aliphatic carbocycles. The summed E-state index contributed by atoms with van der Waals surface area (Å²) in [5.74, 6) is 1.72. The zero-order chi connectivity index (χ0) is 12.8. The van der Waals surface area contributed by atoms with Crippen LogP contribution in [0.3, 0.4) is 0 Å². The van der Waals surface area contributed by atoms with Crippen LogP contribution in [0.5, 0.6) is 0 Å². The van der Waals surface area contributed by atoms with Gasteiger partial charge in [-0.05, 0) is 6.92 Å². The molecule has 2 aromatic rings. The molecule has 0 spiro atoms. The van der Waals surface area contributed by atoms with Gasteiger partial charge in [-0.1, -0.05) is 0 Å². The fraction of sp³-hybridized carbons (Fsp3) is 0.364. The predicted molar refractivity (Wildman–Crippen MR) is 71.2 cm³/mol. The molecular weight excluding hydrogens is 250 g/mol. The summed E-state index contributed by atoms with van der Waals surface area (Å²) in [5.41, 5.74) is 7.52. The number of anilines is 2. The summed E-state index contributed by atoms with van der Waals surface area (Å²) >= 11 is 1.59. The summed E-state index contributed by atoms with van der Waals surface area (Å²) in [7, 11) is 0. The Morgan fingerprint density at radius 1 is 1.44 bits per heavy atom. The molecule has 0 unspecified atom stereocenters. The van der Waals surface area contributed by atoms with Crippen molar-refractivity contribution in [3.63, 3.8) is 0 Å². The Hall–Kier alpha value is -1.73. The maximum atomic E-state index is 5.72. The Labute approximate surface area is 109 Å². The van der Waals surface area contributed by atoms with Crippen molar-refractivity contribution in [3.05, 3.63) is 28.5 Å². The van der Waals surface area contributed by atoms with E-state index in [0.717, 1.165) is 4.88 Å². The topological polar surface area (TPSA) is 86.0 Å². The van der Waals surface area contributed by atoms with Gasteiger partial charge < -0.3 is 15.8 Å². The molecule has 18 heavy (non-hydrogen) atoms. The minimum atomic E-state index is 0.372. The first-order valence-corrected chi connectivity index (χ1v) is 6.48. The quantitative estimate of drug-likeness (QED) is 0.826. The van der Waals surface area contributed by atoms with Crippen molar-refractivity contribution in [1.29, 1.82) is 0 Å². The van der Waals surface area contributed by atoms with Gasteiger partial charge in [-0.25, -0.2) is 9.97 Å². The van der Waals surface area contributed by atoms with Gasteiger partial charge in [0, 0.05) is 23.7 Å². The lowest BCUT2D eigenvalue weighted by Gasteiger charge is -2.07. The summed E-state index contributed by atoms with van der Waals surface area (Å²) in [5, 5.41) is 3.19. The fourth-order valence-electron chi connectivity index (χ4n) is 1.37. The van der Waals surface area contributed by atoms with Crippen molar-refractivity contribution < 1.29 is 4.74 Å². The summed E-state index contributed by atoms with van der Waals surface area (Å²) < 4.78 is 5.26. The molecule has 0 bridgehead atoms. The first-order valence-electron chi connectivity index (χ1n) is 5.60. The van der Waals surface area contributed by atoms with Crippen LogP contribution in [0.2, 0.25) is 0 Å². The number of nitrogens with two attached hydrogens (primary N) is 1. The number of ether oxygens (including phenoxy) is 1. The second kappa shape index (κ2) is 6.27. The Morgan fingerprint density at radius 3 is 3.06 bits per heavy atom. The zero-order valence-electron chi connectivity index (χ0n) is 10.1. The molecule has 0 aliphatic heterocycles. The van der Waals surface area contributed by atoms with Crippen LogP contribution in [0.15, 0.2) is 17.8 Å². The van der Waals surface area contributed by atoms with Crippen molar-refractivity contribution >= 4 is 23.0 Å². The van der Waals surface area contributed by atoms with Crippen molar-refractivity contribution in [2.45, 2.75) is 20.1 Å². The Bertz CT molecular complexity index is 488. The van der Waals surface area contributed by atoms with E-state index < -0.39 is 0 Å². The average Bonchev–Trinajstić information content (AvgIpc) is 2.86. The van der Waals surface area contributed by atoms with Crippen LogP contribution in [-0.4, -0.2) is 21.6 Å². The van der Waals surface area contributed by atoms with Crippen LogP contribution in [0.25, 0.3) is 0 Å². The van der Waals surface area contributed by atoms with Gasteiger partial charge in [0.15, 0.2) is 5.82 Å². The van der Waals surface area contributed by atoms with Gasteiger partial charge in [-0.15, -0.1) is 11.3 Å². The predicted octanol–water partition coefficient (Wildman–Crippen LogP) is 1.66. The molecule has 2 aromatic heterocycles. The van der Waals surface area contributed by atoms with Crippen LogP contribution in [0.1, 0.15) is 17.6 Å². The van der Waals surface area contributed by atoms with Gasteiger partial charge in [0.1, 0.15) is 18.2 Å². The zero-order valence-corrected chi connectivity index (χ0v) is 10.9. The lowest BCUT2D eigenvalue weighted by molar-refractivity contribution is 0.128. The van der Waals surface area contributed by atoms with E-state index in [1.165, 1.54) is 0 Å². The number of rotatable bonds is 6. The number of aromatic nitrogens is 3. The largest absolute Gasteiger partial charge is 0.384 e. The molecule has 2 rings (SSSR count). The first-order chi connectivity index (χ1) is 8.78. The van der Waals surface area contributed by atoms with Crippen molar-refractivity contribution in [2.24, 2.45) is 0 Å². The number of thiazole rings is 1. The number of nitrogens with zero attached hydrogens (tertiary/aromatic N) is 3.